The van der Waals surface area contributed by atoms with Crippen molar-refractivity contribution in [2.75, 3.05) is 12.0 Å². The molecule has 2 aromatic heterocycles. The van der Waals surface area contributed by atoms with Crippen LogP contribution < -0.4 is 5.73 Å². The zero-order valence-electron chi connectivity index (χ0n) is 10.3. The first-order chi connectivity index (χ1) is 8.47. The summed E-state index contributed by atoms with van der Waals surface area (Å²) in [5.74, 6) is 0.180. The van der Waals surface area contributed by atoms with Crippen molar-refractivity contribution in [2.45, 2.75) is 18.9 Å². The van der Waals surface area contributed by atoms with Crippen LogP contribution in [0.2, 0.25) is 0 Å². The standard InChI is InChI=1S/C12H17N3O2S/c1-18(16,17)8-4-5-11(13)10-9-14-15-7-3-2-6-12(10)15/h2-3,6-7,9,11H,4-5,8,13H2,1H3. The van der Waals surface area contributed by atoms with Crippen molar-refractivity contribution in [3.63, 3.8) is 0 Å². The van der Waals surface area contributed by atoms with Crippen LogP contribution in [0.3, 0.4) is 0 Å². The highest BCUT2D eigenvalue weighted by atomic mass is 32.2. The number of hydrogen-bond donors (Lipinski definition) is 1. The Morgan fingerprint density at radius 2 is 2.22 bits per heavy atom. The van der Waals surface area contributed by atoms with Gasteiger partial charge in [0.15, 0.2) is 0 Å². The van der Waals surface area contributed by atoms with Crippen molar-refractivity contribution >= 4 is 15.4 Å². The van der Waals surface area contributed by atoms with E-state index in [1.807, 2.05) is 24.4 Å². The molecule has 0 radical (unpaired) electrons. The van der Waals surface area contributed by atoms with E-state index in [9.17, 15) is 8.42 Å². The minimum atomic E-state index is -2.91. The average molecular weight is 267 g/mol. The zero-order chi connectivity index (χ0) is 13.2. The van der Waals surface area contributed by atoms with Gasteiger partial charge in [-0.25, -0.2) is 12.9 Å². The Morgan fingerprint density at radius 3 is 2.94 bits per heavy atom. The van der Waals surface area contributed by atoms with Gasteiger partial charge in [-0.1, -0.05) is 6.07 Å². The molecule has 0 bridgehead atoms. The predicted octanol–water partition coefficient (Wildman–Crippen LogP) is 1.16. The number of nitrogens with zero attached hydrogens (tertiary/aromatic N) is 2. The summed E-state index contributed by atoms with van der Waals surface area (Å²) >= 11 is 0. The number of nitrogens with two attached hydrogens (primary N) is 1. The molecule has 5 nitrogen and oxygen atoms in total. The van der Waals surface area contributed by atoms with E-state index in [1.165, 1.54) is 6.26 Å². The van der Waals surface area contributed by atoms with Gasteiger partial charge in [-0.3, -0.25) is 0 Å². The number of sulfone groups is 1. The summed E-state index contributed by atoms with van der Waals surface area (Å²) < 4.78 is 23.9. The van der Waals surface area contributed by atoms with E-state index in [0.29, 0.717) is 12.8 Å². The Balaban J connectivity index is 2.07. The van der Waals surface area contributed by atoms with Crippen LogP contribution >= 0.6 is 0 Å². The van der Waals surface area contributed by atoms with Gasteiger partial charge in [0, 0.05) is 29.8 Å². The maximum atomic E-state index is 11.1. The summed E-state index contributed by atoms with van der Waals surface area (Å²) in [6.07, 6.45) is 6.07. The molecule has 0 aliphatic rings. The number of rotatable bonds is 5. The van der Waals surface area contributed by atoms with E-state index in [4.69, 9.17) is 5.73 Å². The summed E-state index contributed by atoms with van der Waals surface area (Å²) in [6.45, 7) is 0. The van der Waals surface area contributed by atoms with E-state index >= 15 is 0 Å². The summed E-state index contributed by atoms with van der Waals surface area (Å²) in [4.78, 5) is 0. The van der Waals surface area contributed by atoms with Crippen LogP contribution in [-0.4, -0.2) is 30.0 Å². The molecule has 0 aliphatic heterocycles. The molecular weight excluding hydrogens is 250 g/mol. The van der Waals surface area contributed by atoms with Gasteiger partial charge in [-0.15, -0.1) is 0 Å². The average Bonchev–Trinajstić information content (AvgIpc) is 2.70. The van der Waals surface area contributed by atoms with Crippen molar-refractivity contribution in [3.8, 4) is 0 Å². The first-order valence-corrected chi connectivity index (χ1v) is 7.89. The smallest absolute Gasteiger partial charge is 0.147 e. The number of hydrogen-bond acceptors (Lipinski definition) is 4. The SMILES string of the molecule is CS(=O)(=O)CCCC(N)c1cnn2ccccc12. The van der Waals surface area contributed by atoms with Gasteiger partial charge < -0.3 is 5.73 Å². The highest BCUT2D eigenvalue weighted by molar-refractivity contribution is 7.90. The molecule has 0 spiro atoms. The Bertz CT molecular complexity index is 634. The number of aromatic nitrogens is 2. The van der Waals surface area contributed by atoms with E-state index < -0.39 is 9.84 Å². The Kier molecular flexibility index (Phi) is 3.68. The third-order valence-electron chi connectivity index (χ3n) is 2.89. The van der Waals surface area contributed by atoms with E-state index in [-0.39, 0.29) is 11.8 Å². The zero-order valence-corrected chi connectivity index (χ0v) is 11.1. The van der Waals surface area contributed by atoms with Crippen molar-refractivity contribution in [3.05, 3.63) is 36.2 Å². The normalized spacial score (nSPS) is 13.9. The van der Waals surface area contributed by atoms with Gasteiger partial charge in [0.2, 0.25) is 0 Å². The molecule has 2 N–H and O–H groups in total. The second-order valence-electron chi connectivity index (χ2n) is 4.51. The van der Waals surface area contributed by atoms with Crippen LogP contribution in [0.4, 0.5) is 0 Å². The Labute approximate surface area is 107 Å². The van der Waals surface area contributed by atoms with Crippen LogP contribution in [0.1, 0.15) is 24.4 Å². The summed E-state index contributed by atoms with van der Waals surface area (Å²) in [5.41, 5.74) is 8.03. The molecular formula is C12H17N3O2S. The maximum absolute atomic E-state index is 11.1. The molecule has 1 unspecified atom stereocenters. The monoisotopic (exact) mass is 267 g/mol. The second-order valence-corrected chi connectivity index (χ2v) is 6.77. The fourth-order valence-electron chi connectivity index (χ4n) is 1.96. The summed E-state index contributed by atoms with van der Waals surface area (Å²) in [6, 6.07) is 5.62. The van der Waals surface area contributed by atoms with Crippen LogP contribution in [-0.2, 0) is 9.84 Å². The molecule has 1 atom stereocenters. The first kappa shape index (κ1) is 13.0. The number of fused-ring (bicyclic) bond motifs is 1. The number of pyridine rings is 1. The fraction of sp³-hybridized carbons (Fsp3) is 0.417. The lowest BCUT2D eigenvalue weighted by Gasteiger charge is -2.09. The third kappa shape index (κ3) is 3.08. The molecule has 0 saturated heterocycles. The van der Waals surface area contributed by atoms with Crippen LogP contribution in [0.15, 0.2) is 30.6 Å². The highest BCUT2D eigenvalue weighted by Gasteiger charge is 2.12. The molecule has 0 aromatic carbocycles. The summed E-state index contributed by atoms with van der Waals surface area (Å²) in [5, 5.41) is 4.21. The molecule has 98 valence electrons. The lowest BCUT2D eigenvalue weighted by atomic mass is 10.1. The van der Waals surface area contributed by atoms with Gasteiger partial charge in [-0.05, 0) is 25.0 Å². The molecule has 6 heteroatoms. The van der Waals surface area contributed by atoms with Crippen LogP contribution in [0.25, 0.3) is 5.52 Å². The Morgan fingerprint density at radius 1 is 1.44 bits per heavy atom. The van der Waals surface area contributed by atoms with Gasteiger partial charge in [0.25, 0.3) is 0 Å². The van der Waals surface area contributed by atoms with Gasteiger partial charge in [-0.2, -0.15) is 5.10 Å². The van der Waals surface area contributed by atoms with Crippen LogP contribution in [0, 0.1) is 0 Å². The molecule has 2 aromatic rings. The molecule has 0 aliphatic carbocycles. The molecule has 2 rings (SSSR count). The van der Waals surface area contributed by atoms with Crippen LogP contribution in [0.5, 0.6) is 0 Å². The summed E-state index contributed by atoms with van der Waals surface area (Å²) in [7, 11) is -2.91. The van der Waals surface area contributed by atoms with Gasteiger partial charge in [0.05, 0.1) is 11.7 Å². The molecule has 0 saturated carbocycles. The Hall–Kier alpha value is -1.40. The minimum Gasteiger partial charge on any atom is -0.324 e. The van der Waals surface area contributed by atoms with Crippen molar-refractivity contribution in [1.29, 1.82) is 0 Å². The maximum Gasteiger partial charge on any atom is 0.147 e. The first-order valence-electron chi connectivity index (χ1n) is 5.83. The highest BCUT2D eigenvalue weighted by Crippen LogP contribution is 2.20. The van der Waals surface area contributed by atoms with Crippen molar-refractivity contribution in [1.82, 2.24) is 9.61 Å². The van der Waals surface area contributed by atoms with E-state index in [0.717, 1.165) is 11.1 Å². The molecule has 18 heavy (non-hydrogen) atoms. The van der Waals surface area contributed by atoms with Gasteiger partial charge in [0.1, 0.15) is 9.84 Å². The van der Waals surface area contributed by atoms with Crippen molar-refractivity contribution < 1.29 is 8.42 Å². The van der Waals surface area contributed by atoms with Gasteiger partial charge >= 0.3 is 0 Å². The second kappa shape index (κ2) is 5.07. The van der Waals surface area contributed by atoms with E-state index in [1.54, 1.807) is 10.7 Å². The molecule has 2 heterocycles. The van der Waals surface area contributed by atoms with Crippen molar-refractivity contribution in [2.24, 2.45) is 5.73 Å². The largest absolute Gasteiger partial charge is 0.324 e. The topological polar surface area (TPSA) is 77.5 Å². The lowest BCUT2D eigenvalue weighted by Crippen LogP contribution is -2.12. The lowest BCUT2D eigenvalue weighted by molar-refractivity contribution is 0.588. The third-order valence-corrected chi connectivity index (χ3v) is 3.92. The minimum absolute atomic E-state index is 0.174. The predicted molar refractivity (Wildman–Crippen MR) is 71.1 cm³/mol. The molecule has 0 amide bonds. The quantitative estimate of drug-likeness (QED) is 0.881. The van der Waals surface area contributed by atoms with E-state index in [2.05, 4.69) is 5.10 Å². The molecule has 0 fully saturated rings. The fourth-order valence-corrected chi connectivity index (χ4v) is 2.65.